The summed E-state index contributed by atoms with van der Waals surface area (Å²) in [5.41, 5.74) is 0.490. The highest BCUT2D eigenvalue weighted by Gasteiger charge is 2.16. The number of hydrogen-bond donors (Lipinski definition) is 2. The zero-order valence-corrected chi connectivity index (χ0v) is 12.5. The molecule has 0 aliphatic rings. The third-order valence-corrected chi connectivity index (χ3v) is 3.40. The monoisotopic (exact) mass is 297 g/mol. The molecule has 0 radical (unpaired) electrons. The normalized spacial score (nSPS) is 11.9. The lowest BCUT2D eigenvalue weighted by Crippen LogP contribution is -2.22. The number of rotatable bonds is 7. The lowest BCUT2D eigenvalue weighted by atomic mass is 9.98. The number of hydrogen-bond acceptors (Lipinski definition) is 2. The summed E-state index contributed by atoms with van der Waals surface area (Å²) < 4.78 is 0. The van der Waals surface area contributed by atoms with E-state index in [2.05, 4.69) is 12.2 Å². The Kier molecular flexibility index (Phi) is 6.52. The van der Waals surface area contributed by atoms with E-state index in [1.54, 1.807) is 6.07 Å². The highest BCUT2D eigenvalue weighted by molar-refractivity contribution is 6.31. The zero-order valence-electron chi connectivity index (χ0n) is 11.8. The van der Waals surface area contributed by atoms with Crippen LogP contribution in [-0.2, 0) is 4.79 Å². The number of anilines is 1. The summed E-state index contributed by atoms with van der Waals surface area (Å²) in [4.78, 5) is 23.1. The first-order valence-electron chi connectivity index (χ1n) is 6.82. The van der Waals surface area contributed by atoms with Crippen molar-refractivity contribution in [1.82, 2.24) is 0 Å². The summed E-state index contributed by atoms with van der Waals surface area (Å²) in [6.07, 6.45) is 3.65. The minimum Gasteiger partial charge on any atom is -0.478 e. The van der Waals surface area contributed by atoms with E-state index >= 15 is 0 Å². The number of carbonyl (C=O) groups excluding carboxylic acids is 1. The van der Waals surface area contributed by atoms with E-state index < -0.39 is 5.97 Å². The van der Waals surface area contributed by atoms with Gasteiger partial charge in [-0.15, -0.1) is 0 Å². The summed E-state index contributed by atoms with van der Waals surface area (Å²) in [6, 6.07) is 4.32. The fourth-order valence-corrected chi connectivity index (χ4v) is 2.24. The zero-order chi connectivity index (χ0) is 15.1. The number of carboxylic acids is 1. The molecule has 0 saturated carbocycles. The van der Waals surface area contributed by atoms with E-state index in [0.717, 1.165) is 25.7 Å². The molecule has 1 atom stereocenters. The van der Waals surface area contributed by atoms with Crippen molar-refractivity contribution in [2.24, 2.45) is 5.92 Å². The average Bonchev–Trinajstić information content (AvgIpc) is 2.38. The van der Waals surface area contributed by atoms with Gasteiger partial charge in [0.05, 0.1) is 5.56 Å². The van der Waals surface area contributed by atoms with Gasteiger partial charge in [-0.1, -0.05) is 38.3 Å². The number of aromatic carboxylic acids is 1. The first-order chi connectivity index (χ1) is 9.47. The van der Waals surface area contributed by atoms with Crippen LogP contribution >= 0.6 is 11.6 Å². The van der Waals surface area contributed by atoms with Crippen molar-refractivity contribution in [3.8, 4) is 0 Å². The molecule has 0 heterocycles. The second kappa shape index (κ2) is 7.90. The molecule has 4 nitrogen and oxygen atoms in total. The van der Waals surface area contributed by atoms with Crippen LogP contribution in [0.2, 0.25) is 5.02 Å². The van der Waals surface area contributed by atoms with E-state index in [9.17, 15) is 9.59 Å². The van der Waals surface area contributed by atoms with E-state index in [-0.39, 0.29) is 17.4 Å². The molecule has 110 valence electrons. The first-order valence-corrected chi connectivity index (χ1v) is 7.20. The topological polar surface area (TPSA) is 66.4 Å². The van der Waals surface area contributed by atoms with E-state index in [4.69, 9.17) is 16.7 Å². The quantitative estimate of drug-likeness (QED) is 0.793. The SMILES string of the molecule is CCCCC(CC)C(=O)Nc1cc(Cl)cc(C(=O)O)c1. The maximum Gasteiger partial charge on any atom is 0.335 e. The van der Waals surface area contributed by atoms with Gasteiger partial charge in [-0.3, -0.25) is 4.79 Å². The van der Waals surface area contributed by atoms with Gasteiger partial charge in [-0.2, -0.15) is 0 Å². The van der Waals surface area contributed by atoms with Crippen LogP contribution in [0.3, 0.4) is 0 Å². The Labute approximate surface area is 124 Å². The number of amides is 1. The summed E-state index contributed by atoms with van der Waals surface area (Å²) in [5.74, 6) is -1.21. The molecule has 1 amide bonds. The Morgan fingerprint density at radius 1 is 1.30 bits per heavy atom. The number of carbonyl (C=O) groups is 2. The van der Waals surface area contributed by atoms with Crippen molar-refractivity contribution in [2.45, 2.75) is 39.5 Å². The van der Waals surface area contributed by atoms with Gasteiger partial charge in [-0.25, -0.2) is 4.79 Å². The number of carboxylic acid groups (broad SMARTS) is 1. The summed E-state index contributed by atoms with van der Waals surface area (Å²) in [6.45, 7) is 4.06. The van der Waals surface area contributed by atoms with Gasteiger partial charge in [0.2, 0.25) is 5.91 Å². The Balaban J connectivity index is 2.81. The fourth-order valence-electron chi connectivity index (χ4n) is 2.00. The van der Waals surface area contributed by atoms with Gasteiger partial charge in [0.15, 0.2) is 0 Å². The molecule has 2 N–H and O–H groups in total. The predicted octanol–water partition coefficient (Wildman–Crippen LogP) is 4.19. The van der Waals surface area contributed by atoms with Crippen LogP contribution in [0.25, 0.3) is 0 Å². The molecule has 5 heteroatoms. The largest absolute Gasteiger partial charge is 0.478 e. The third-order valence-electron chi connectivity index (χ3n) is 3.18. The molecule has 0 saturated heterocycles. The predicted molar refractivity (Wildman–Crippen MR) is 80.3 cm³/mol. The van der Waals surface area contributed by atoms with Crippen molar-refractivity contribution < 1.29 is 14.7 Å². The molecular weight excluding hydrogens is 278 g/mol. The second-order valence-electron chi connectivity index (χ2n) is 4.77. The summed E-state index contributed by atoms with van der Waals surface area (Å²) in [7, 11) is 0. The van der Waals surface area contributed by atoms with E-state index in [1.807, 2.05) is 6.92 Å². The molecule has 0 spiro atoms. The smallest absolute Gasteiger partial charge is 0.335 e. The summed E-state index contributed by atoms with van der Waals surface area (Å²) >= 11 is 5.86. The van der Waals surface area contributed by atoms with Gasteiger partial charge < -0.3 is 10.4 Å². The highest BCUT2D eigenvalue weighted by Crippen LogP contribution is 2.21. The van der Waals surface area contributed by atoms with E-state index in [1.165, 1.54) is 12.1 Å². The van der Waals surface area contributed by atoms with Gasteiger partial charge in [0, 0.05) is 16.6 Å². The maximum atomic E-state index is 12.1. The number of nitrogens with one attached hydrogen (secondary N) is 1. The van der Waals surface area contributed by atoms with Crippen LogP contribution < -0.4 is 5.32 Å². The third kappa shape index (κ3) is 4.85. The molecule has 20 heavy (non-hydrogen) atoms. The molecule has 0 aromatic heterocycles. The van der Waals surface area contributed by atoms with Crippen LogP contribution in [0.15, 0.2) is 18.2 Å². The van der Waals surface area contributed by atoms with Crippen LogP contribution in [-0.4, -0.2) is 17.0 Å². The highest BCUT2D eigenvalue weighted by atomic mass is 35.5. The first kappa shape index (κ1) is 16.5. The van der Waals surface area contributed by atoms with Crippen molar-refractivity contribution >= 4 is 29.2 Å². The molecule has 0 bridgehead atoms. The van der Waals surface area contributed by atoms with Gasteiger partial charge >= 0.3 is 5.97 Å². The van der Waals surface area contributed by atoms with Crippen molar-refractivity contribution in [2.75, 3.05) is 5.32 Å². The Morgan fingerprint density at radius 3 is 2.55 bits per heavy atom. The van der Waals surface area contributed by atoms with Gasteiger partial charge in [0.25, 0.3) is 0 Å². The summed E-state index contributed by atoms with van der Waals surface area (Å²) in [5, 5.41) is 12.0. The standard InChI is InChI=1S/C15H20ClNO3/c1-3-5-6-10(4-2)14(18)17-13-8-11(15(19)20)7-12(16)9-13/h7-10H,3-6H2,1-2H3,(H,17,18)(H,19,20). The van der Waals surface area contributed by atoms with Crippen LogP contribution in [0, 0.1) is 5.92 Å². The molecule has 1 aromatic rings. The molecular formula is C15H20ClNO3. The Hall–Kier alpha value is -1.55. The number of halogens is 1. The molecule has 1 aromatic carbocycles. The minimum atomic E-state index is -1.07. The van der Waals surface area contributed by atoms with E-state index in [0.29, 0.717) is 10.7 Å². The number of benzene rings is 1. The molecule has 0 fully saturated rings. The molecule has 0 aliphatic carbocycles. The lowest BCUT2D eigenvalue weighted by Gasteiger charge is -2.15. The minimum absolute atomic E-state index is 0.0535. The molecule has 1 rings (SSSR count). The average molecular weight is 298 g/mol. The molecule has 0 aliphatic heterocycles. The van der Waals surface area contributed by atoms with Crippen molar-refractivity contribution in [1.29, 1.82) is 0 Å². The molecule has 1 unspecified atom stereocenters. The number of unbranched alkanes of at least 4 members (excludes halogenated alkanes) is 1. The Bertz CT molecular complexity index is 488. The Morgan fingerprint density at radius 2 is 2.00 bits per heavy atom. The van der Waals surface area contributed by atoms with Crippen molar-refractivity contribution in [3.63, 3.8) is 0 Å². The second-order valence-corrected chi connectivity index (χ2v) is 5.21. The lowest BCUT2D eigenvalue weighted by molar-refractivity contribution is -0.120. The van der Waals surface area contributed by atoms with Gasteiger partial charge in [-0.05, 0) is 31.0 Å². The van der Waals surface area contributed by atoms with Crippen LogP contribution in [0.4, 0.5) is 5.69 Å². The van der Waals surface area contributed by atoms with Crippen molar-refractivity contribution in [3.05, 3.63) is 28.8 Å². The van der Waals surface area contributed by atoms with Crippen LogP contribution in [0.5, 0.6) is 0 Å². The van der Waals surface area contributed by atoms with Crippen LogP contribution in [0.1, 0.15) is 49.9 Å². The maximum absolute atomic E-state index is 12.1. The fraction of sp³-hybridized carbons (Fsp3) is 0.467. The van der Waals surface area contributed by atoms with Gasteiger partial charge in [0.1, 0.15) is 0 Å².